The summed E-state index contributed by atoms with van der Waals surface area (Å²) in [6.07, 6.45) is 1.79. The van der Waals surface area contributed by atoms with Crippen molar-refractivity contribution in [2.24, 2.45) is 4.99 Å². The Morgan fingerprint density at radius 2 is 1.68 bits per heavy atom. The molecule has 126 valence electrons. The van der Waals surface area contributed by atoms with Crippen molar-refractivity contribution in [2.45, 2.75) is 20.0 Å². The van der Waals surface area contributed by atoms with Crippen LogP contribution in [0.3, 0.4) is 0 Å². The van der Waals surface area contributed by atoms with E-state index in [0.29, 0.717) is 0 Å². The lowest BCUT2D eigenvalue weighted by molar-refractivity contribution is 0.577. The van der Waals surface area contributed by atoms with E-state index in [2.05, 4.69) is 43.2 Å². The number of aliphatic imine (C=N–C) groups is 1. The SMILES string of the molecule is Cc1cccc(N=C(c2ccccc2)c2ccccn2)c1O[SiH](C)C. The maximum absolute atomic E-state index is 6.16. The van der Waals surface area contributed by atoms with Gasteiger partial charge in [-0.1, -0.05) is 48.5 Å². The highest BCUT2D eigenvalue weighted by atomic mass is 28.3. The molecule has 1 aromatic heterocycles. The summed E-state index contributed by atoms with van der Waals surface area (Å²) in [4.78, 5) is 9.47. The van der Waals surface area contributed by atoms with Crippen LogP contribution in [0, 0.1) is 6.92 Å². The fourth-order valence-electron chi connectivity index (χ4n) is 2.60. The van der Waals surface area contributed by atoms with Crippen LogP contribution in [-0.2, 0) is 0 Å². The summed E-state index contributed by atoms with van der Waals surface area (Å²) in [7, 11) is -1.23. The van der Waals surface area contributed by atoms with E-state index in [-0.39, 0.29) is 0 Å². The van der Waals surface area contributed by atoms with Gasteiger partial charge >= 0.3 is 0 Å². The Labute approximate surface area is 150 Å². The van der Waals surface area contributed by atoms with Gasteiger partial charge in [0.2, 0.25) is 9.04 Å². The molecule has 0 aliphatic heterocycles. The van der Waals surface area contributed by atoms with Crippen molar-refractivity contribution in [3.8, 4) is 5.75 Å². The van der Waals surface area contributed by atoms with Crippen molar-refractivity contribution >= 4 is 20.4 Å². The fourth-order valence-corrected chi connectivity index (χ4v) is 3.38. The lowest BCUT2D eigenvalue weighted by Crippen LogP contribution is -2.12. The van der Waals surface area contributed by atoms with E-state index in [1.54, 1.807) is 6.20 Å². The highest BCUT2D eigenvalue weighted by Crippen LogP contribution is 2.32. The maximum atomic E-state index is 6.16. The molecule has 0 N–H and O–H groups in total. The number of hydrogen-bond acceptors (Lipinski definition) is 3. The van der Waals surface area contributed by atoms with Crippen LogP contribution in [0.1, 0.15) is 16.8 Å². The topological polar surface area (TPSA) is 34.5 Å². The molecular weight excluding hydrogens is 324 g/mol. The van der Waals surface area contributed by atoms with Gasteiger partial charge in [0.25, 0.3) is 0 Å². The number of hydrogen-bond donors (Lipinski definition) is 0. The van der Waals surface area contributed by atoms with Crippen LogP contribution in [0.4, 0.5) is 5.69 Å². The zero-order chi connectivity index (χ0) is 17.6. The maximum Gasteiger partial charge on any atom is 0.229 e. The van der Waals surface area contributed by atoms with E-state index in [9.17, 15) is 0 Å². The lowest BCUT2D eigenvalue weighted by Gasteiger charge is -2.15. The molecule has 0 atom stereocenters. The molecule has 0 radical (unpaired) electrons. The number of benzene rings is 2. The predicted molar refractivity (Wildman–Crippen MR) is 107 cm³/mol. The van der Waals surface area contributed by atoms with Gasteiger partial charge in [0, 0.05) is 11.8 Å². The molecule has 0 saturated carbocycles. The molecule has 3 aromatic rings. The Bertz CT molecular complexity index is 820. The minimum Gasteiger partial charge on any atom is -0.545 e. The van der Waals surface area contributed by atoms with Gasteiger partial charge in [0.05, 0.1) is 11.4 Å². The molecule has 0 aliphatic carbocycles. The molecule has 25 heavy (non-hydrogen) atoms. The number of aryl methyl sites for hydroxylation is 1. The normalized spacial score (nSPS) is 11.6. The Morgan fingerprint density at radius 3 is 2.36 bits per heavy atom. The number of para-hydroxylation sites is 1. The highest BCUT2D eigenvalue weighted by molar-refractivity contribution is 6.49. The average Bonchev–Trinajstić information content (AvgIpc) is 2.63. The first-order valence-corrected chi connectivity index (χ1v) is 11.2. The molecule has 1 heterocycles. The summed E-state index contributed by atoms with van der Waals surface area (Å²) >= 11 is 0. The van der Waals surface area contributed by atoms with Crippen LogP contribution in [0.5, 0.6) is 5.75 Å². The summed E-state index contributed by atoms with van der Waals surface area (Å²) in [5, 5.41) is 0. The van der Waals surface area contributed by atoms with Gasteiger partial charge in [0.15, 0.2) is 0 Å². The summed E-state index contributed by atoms with van der Waals surface area (Å²) in [5.41, 5.74) is 4.70. The van der Waals surface area contributed by atoms with E-state index < -0.39 is 9.04 Å². The first-order chi connectivity index (χ1) is 12.1. The molecule has 0 spiro atoms. The smallest absolute Gasteiger partial charge is 0.229 e. The Hall–Kier alpha value is -2.72. The van der Waals surface area contributed by atoms with Crippen molar-refractivity contribution in [1.82, 2.24) is 4.98 Å². The molecule has 3 nitrogen and oxygen atoms in total. The largest absolute Gasteiger partial charge is 0.545 e. The van der Waals surface area contributed by atoms with E-state index >= 15 is 0 Å². The third-order valence-corrected chi connectivity index (χ3v) is 4.44. The van der Waals surface area contributed by atoms with Crippen LogP contribution in [0.2, 0.25) is 13.1 Å². The van der Waals surface area contributed by atoms with Crippen LogP contribution in [0.15, 0.2) is 77.9 Å². The monoisotopic (exact) mass is 346 g/mol. The molecular formula is C21H22N2OSi. The second kappa shape index (κ2) is 7.90. The first kappa shape index (κ1) is 17.1. The molecule has 0 bridgehead atoms. The minimum atomic E-state index is -1.23. The van der Waals surface area contributed by atoms with Gasteiger partial charge in [-0.25, -0.2) is 4.99 Å². The molecule has 0 amide bonds. The number of rotatable bonds is 5. The van der Waals surface area contributed by atoms with E-state index in [4.69, 9.17) is 9.42 Å². The van der Waals surface area contributed by atoms with Gasteiger partial charge in [0.1, 0.15) is 11.4 Å². The number of aromatic nitrogens is 1. The van der Waals surface area contributed by atoms with Gasteiger partial charge in [-0.05, 0) is 43.8 Å². The second-order valence-electron chi connectivity index (χ2n) is 6.13. The van der Waals surface area contributed by atoms with Crippen LogP contribution in [-0.4, -0.2) is 19.7 Å². The Balaban J connectivity index is 2.16. The van der Waals surface area contributed by atoms with Crippen LogP contribution < -0.4 is 4.43 Å². The molecule has 0 unspecified atom stereocenters. The second-order valence-corrected chi connectivity index (χ2v) is 8.46. The van der Waals surface area contributed by atoms with Crippen molar-refractivity contribution in [3.05, 3.63) is 89.7 Å². The highest BCUT2D eigenvalue weighted by Gasteiger charge is 2.13. The van der Waals surface area contributed by atoms with E-state index in [0.717, 1.165) is 34.0 Å². The van der Waals surface area contributed by atoms with E-state index in [1.165, 1.54) is 0 Å². The predicted octanol–water partition coefficient (Wildman–Crippen LogP) is 4.92. The molecule has 4 heteroatoms. The molecule has 3 rings (SSSR count). The summed E-state index contributed by atoms with van der Waals surface area (Å²) in [6, 6.07) is 22.1. The van der Waals surface area contributed by atoms with Crippen LogP contribution in [0.25, 0.3) is 0 Å². The standard InChI is InChI=1S/C21H22N2OSi/c1-16-10-9-14-19(21(16)24-25(2)3)23-20(17-11-5-4-6-12-17)18-13-7-8-15-22-18/h4-15,25H,1-3H3. The quantitative estimate of drug-likeness (QED) is 0.485. The van der Waals surface area contributed by atoms with Gasteiger partial charge in [-0.15, -0.1) is 0 Å². The molecule has 2 aromatic carbocycles. The average molecular weight is 347 g/mol. The molecule has 0 saturated heterocycles. The van der Waals surface area contributed by atoms with Crippen molar-refractivity contribution in [2.75, 3.05) is 0 Å². The summed E-state index contributed by atoms with van der Waals surface area (Å²) in [5.74, 6) is 0.883. The van der Waals surface area contributed by atoms with Gasteiger partial charge < -0.3 is 4.43 Å². The first-order valence-electron chi connectivity index (χ1n) is 8.47. The van der Waals surface area contributed by atoms with E-state index in [1.807, 2.05) is 48.5 Å². The zero-order valence-electron chi connectivity index (χ0n) is 14.8. The van der Waals surface area contributed by atoms with Crippen molar-refractivity contribution < 1.29 is 4.43 Å². The third kappa shape index (κ3) is 4.22. The fraction of sp³-hybridized carbons (Fsp3) is 0.143. The lowest BCUT2D eigenvalue weighted by atomic mass is 10.1. The minimum absolute atomic E-state index is 0.849. The third-order valence-electron chi connectivity index (χ3n) is 3.73. The molecule has 0 aliphatic rings. The van der Waals surface area contributed by atoms with Crippen molar-refractivity contribution in [1.29, 1.82) is 0 Å². The van der Waals surface area contributed by atoms with Crippen molar-refractivity contribution in [3.63, 3.8) is 0 Å². The van der Waals surface area contributed by atoms with Gasteiger partial charge in [-0.3, -0.25) is 4.98 Å². The summed E-state index contributed by atoms with van der Waals surface area (Å²) in [6.45, 7) is 6.39. The Kier molecular flexibility index (Phi) is 5.41. The summed E-state index contributed by atoms with van der Waals surface area (Å²) < 4.78 is 6.16. The Morgan fingerprint density at radius 1 is 0.920 bits per heavy atom. The van der Waals surface area contributed by atoms with Gasteiger partial charge in [-0.2, -0.15) is 0 Å². The zero-order valence-corrected chi connectivity index (χ0v) is 16.0. The van der Waals surface area contributed by atoms with Crippen LogP contribution >= 0.6 is 0 Å². The molecule has 0 fully saturated rings. The number of nitrogens with zero attached hydrogens (tertiary/aromatic N) is 2. The number of pyridine rings is 1.